The maximum atomic E-state index is 12.4. The minimum Gasteiger partial charge on any atom is -0.481 e. The van der Waals surface area contributed by atoms with Crippen molar-refractivity contribution >= 4 is 12.0 Å². The van der Waals surface area contributed by atoms with E-state index < -0.39 is 5.97 Å². The van der Waals surface area contributed by atoms with Gasteiger partial charge in [0, 0.05) is 38.1 Å². The quantitative estimate of drug-likeness (QED) is 0.620. The van der Waals surface area contributed by atoms with E-state index in [2.05, 4.69) is 29.4 Å². The fourth-order valence-corrected chi connectivity index (χ4v) is 3.61. The molecule has 1 aromatic carbocycles. The van der Waals surface area contributed by atoms with E-state index in [0.29, 0.717) is 18.8 Å². The second kappa shape index (κ2) is 10.9. The maximum absolute atomic E-state index is 12.4. The Morgan fingerprint density at radius 3 is 2.44 bits per heavy atom. The molecule has 1 aliphatic rings. The van der Waals surface area contributed by atoms with Crippen LogP contribution in [0.5, 0.6) is 0 Å². The van der Waals surface area contributed by atoms with Crippen LogP contribution in [0.25, 0.3) is 0 Å². The summed E-state index contributed by atoms with van der Waals surface area (Å²) in [6, 6.07) is 9.65. The molecule has 1 atom stereocenters. The normalized spacial score (nSPS) is 16.9. The van der Waals surface area contributed by atoms with Crippen LogP contribution in [-0.2, 0) is 11.2 Å². The summed E-state index contributed by atoms with van der Waals surface area (Å²) in [4.78, 5) is 25.8. The van der Waals surface area contributed by atoms with Crippen molar-refractivity contribution in [2.45, 2.75) is 58.0 Å². The smallest absolute Gasteiger partial charge is 0.315 e. The highest BCUT2D eigenvalue weighted by atomic mass is 16.4. The molecule has 150 valence electrons. The van der Waals surface area contributed by atoms with Crippen LogP contribution in [0.3, 0.4) is 0 Å². The average molecular weight is 376 g/mol. The van der Waals surface area contributed by atoms with Crippen molar-refractivity contribution in [1.82, 2.24) is 15.5 Å². The molecule has 0 radical (unpaired) electrons. The van der Waals surface area contributed by atoms with Gasteiger partial charge in [-0.15, -0.1) is 0 Å². The Hall–Kier alpha value is -2.08. The third-order valence-electron chi connectivity index (χ3n) is 4.91. The van der Waals surface area contributed by atoms with E-state index in [-0.39, 0.29) is 24.5 Å². The number of piperidine rings is 1. The molecule has 27 heavy (non-hydrogen) atoms. The number of nitrogens with zero attached hydrogens (tertiary/aromatic N) is 1. The Kier molecular flexibility index (Phi) is 8.58. The van der Waals surface area contributed by atoms with Gasteiger partial charge < -0.3 is 20.6 Å². The molecule has 1 saturated heterocycles. The number of likely N-dealkylation sites (tertiary alicyclic amines) is 1. The first-order valence-electron chi connectivity index (χ1n) is 9.97. The lowest BCUT2D eigenvalue weighted by Crippen LogP contribution is -2.50. The monoisotopic (exact) mass is 375 g/mol. The number of hydrogen-bond donors (Lipinski definition) is 3. The molecule has 6 heteroatoms. The lowest BCUT2D eigenvalue weighted by Gasteiger charge is -2.33. The van der Waals surface area contributed by atoms with Crippen LogP contribution in [0.1, 0.15) is 45.1 Å². The lowest BCUT2D eigenvalue weighted by molar-refractivity contribution is -0.137. The molecule has 1 fully saturated rings. The number of carbonyl (C=O) groups excluding carboxylic acids is 1. The van der Waals surface area contributed by atoms with Crippen LogP contribution in [0, 0.1) is 5.92 Å². The third-order valence-corrected chi connectivity index (χ3v) is 4.91. The average Bonchev–Trinajstić information content (AvgIpc) is 2.62. The minimum atomic E-state index is -0.840. The standard InChI is InChI=1S/C21H33N3O3/c1-16(2)15-24-12-10-18(11-13-24)22-21(27)23-19(8-9-20(25)26)14-17-6-4-3-5-7-17/h3-7,16,18-19H,8-15H2,1-2H3,(H,25,26)(H2,22,23,27). The van der Waals surface area contributed by atoms with Gasteiger partial charge in [0.05, 0.1) is 0 Å². The zero-order chi connectivity index (χ0) is 19.6. The first-order valence-corrected chi connectivity index (χ1v) is 9.97. The van der Waals surface area contributed by atoms with Crippen molar-refractivity contribution in [3.05, 3.63) is 35.9 Å². The molecular formula is C21H33N3O3. The highest BCUT2D eigenvalue weighted by Gasteiger charge is 2.22. The summed E-state index contributed by atoms with van der Waals surface area (Å²) in [6.45, 7) is 7.57. The van der Waals surface area contributed by atoms with Gasteiger partial charge in [0.2, 0.25) is 0 Å². The summed E-state index contributed by atoms with van der Waals surface area (Å²) in [5.41, 5.74) is 1.09. The first kappa shape index (κ1) is 21.2. The molecule has 0 saturated carbocycles. The molecule has 0 aliphatic carbocycles. The van der Waals surface area contributed by atoms with E-state index >= 15 is 0 Å². The Morgan fingerprint density at radius 1 is 1.19 bits per heavy atom. The highest BCUT2D eigenvalue weighted by molar-refractivity contribution is 5.74. The summed E-state index contributed by atoms with van der Waals surface area (Å²) in [7, 11) is 0. The second-order valence-corrected chi connectivity index (χ2v) is 7.91. The zero-order valence-electron chi connectivity index (χ0n) is 16.5. The molecule has 1 aromatic rings. The molecule has 0 spiro atoms. The highest BCUT2D eigenvalue weighted by Crippen LogP contribution is 2.13. The van der Waals surface area contributed by atoms with Crippen molar-refractivity contribution < 1.29 is 14.7 Å². The van der Waals surface area contributed by atoms with Crippen LogP contribution in [-0.4, -0.2) is 53.7 Å². The van der Waals surface area contributed by atoms with Crippen molar-refractivity contribution in [3.8, 4) is 0 Å². The molecule has 6 nitrogen and oxygen atoms in total. The molecule has 2 rings (SSSR count). The first-order chi connectivity index (χ1) is 12.9. The van der Waals surface area contributed by atoms with Crippen molar-refractivity contribution in [1.29, 1.82) is 0 Å². The van der Waals surface area contributed by atoms with Crippen molar-refractivity contribution in [2.75, 3.05) is 19.6 Å². The van der Waals surface area contributed by atoms with Gasteiger partial charge in [0.1, 0.15) is 0 Å². The number of nitrogens with one attached hydrogen (secondary N) is 2. The van der Waals surface area contributed by atoms with Gasteiger partial charge in [-0.1, -0.05) is 44.2 Å². The Bertz CT molecular complexity index is 584. The van der Waals surface area contributed by atoms with Crippen LogP contribution < -0.4 is 10.6 Å². The van der Waals surface area contributed by atoms with Crippen molar-refractivity contribution in [2.24, 2.45) is 5.92 Å². The van der Waals surface area contributed by atoms with Gasteiger partial charge in [-0.05, 0) is 37.2 Å². The minimum absolute atomic E-state index is 0.0470. The predicted octanol–water partition coefficient (Wildman–Crippen LogP) is 2.88. The zero-order valence-corrected chi connectivity index (χ0v) is 16.5. The van der Waals surface area contributed by atoms with Crippen molar-refractivity contribution in [3.63, 3.8) is 0 Å². The molecule has 3 N–H and O–H groups in total. The van der Waals surface area contributed by atoms with Gasteiger partial charge in [-0.25, -0.2) is 4.79 Å². The van der Waals surface area contributed by atoms with Gasteiger partial charge in [0.25, 0.3) is 0 Å². The predicted molar refractivity (Wildman–Crippen MR) is 107 cm³/mol. The number of urea groups is 1. The van der Waals surface area contributed by atoms with E-state index in [1.165, 1.54) is 0 Å². The number of carboxylic acids is 1. The third kappa shape index (κ3) is 8.43. The van der Waals surface area contributed by atoms with Crippen LogP contribution in [0.2, 0.25) is 0 Å². The van der Waals surface area contributed by atoms with Gasteiger partial charge >= 0.3 is 12.0 Å². The Balaban J connectivity index is 1.81. The summed E-state index contributed by atoms with van der Waals surface area (Å²) in [5.74, 6) is -0.182. The molecule has 1 heterocycles. The number of aliphatic carboxylic acids is 1. The van der Waals surface area contributed by atoms with Crippen LogP contribution >= 0.6 is 0 Å². The van der Waals surface area contributed by atoms with E-state index in [9.17, 15) is 9.59 Å². The summed E-state index contributed by atoms with van der Waals surface area (Å²) in [6.07, 6.45) is 3.02. The van der Waals surface area contributed by atoms with E-state index in [1.54, 1.807) is 0 Å². The molecule has 1 unspecified atom stereocenters. The number of hydrogen-bond acceptors (Lipinski definition) is 3. The lowest BCUT2D eigenvalue weighted by atomic mass is 10.0. The van der Waals surface area contributed by atoms with Gasteiger partial charge in [0.15, 0.2) is 0 Å². The van der Waals surface area contributed by atoms with Crippen LogP contribution in [0.15, 0.2) is 30.3 Å². The van der Waals surface area contributed by atoms with E-state index in [4.69, 9.17) is 5.11 Å². The number of rotatable bonds is 9. The molecular weight excluding hydrogens is 342 g/mol. The summed E-state index contributed by atoms with van der Waals surface area (Å²) >= 11 is 0. The summed E-state index contributed by atoms with van der Waals surface area (Å²) in [5, 5.41) is 15.0. The van der Waals surface area contributed by atoms with E-state index in [0.717, 1.165) is 38.0 Å². The fraction of sp³-hybridized carbons (Fsp3) is 0.619. The van der Waals surface area contributed by atoms with Gasteiger partial charge in [-0.3, -0.25) is 4.79 Å². The SMILES string of the molecule is CC(C)CN1CCC(NC(=O)NC(CCC(=O)O)Cc2ccccc2)CC1. The Labute approximate surface area is 162 Å². The Morgan fingerprint density at radius 2 is 1.85 bits per heavy atom. The molecule has 2 amide bonds. The number of amides is 2. The molecule has 0 bridgehead atoms. The number of benzene rings is 1. The second-order valence-electron chi connectivity index (χ2n) is 7.91. The number of carboxylic acid groups (broad SMARTS) is 1. The largest absolute Gasteiger partial charge is 0.481 e. The van der Waals surface area contributed by atoms with Gasteiger partial charge in [-0.2, -0.15) is 0 Å². The summed E-state index contributed by atoms with van der Waals surface area (Å²) < 4.78 is 0. The van der Waals surface area contributed by atoms with E-state index in [1.807, 2.05) is 30.3 Å². The molecule has 0 aromatic heterocycles. The van der Waals surface area contributed by atoms with Crippen LogP contribution in [0.4, 0.5) is 4.79 Å². The maximum Gasteiger partial charge on any atom is 0.315 e. The topological polar surface area (TPSA) is 81.7 Å². The fourth-order valence-electron chi connectivity index (χ4n) is 3.61. The number of carbonyl (C=O) groups is 2. The molecule has 1 aliphatic heterocycles.